The number of hydrogen-bond donors (Lipinski definition) is 3. The zero-order valence-corrected chi connectivity index (χ0v) is 12.2. The van der Waals surface area contributed by atoms with Gasteiger partial charge in [0, 0.05) is 13.7 Å². The SMILES string of the molecule is COCC(O)CCNCC(O)COc1ccccc1C#N. The van der Waals surface area contributed by atoms with E-state index in [0.29, 0.717) is 37.4 Å². The fraction of sp³-hybridized carbons (Fsp3) is 0.533. The average molecular weight is 294 g/mol. The van der Waals surface area contributed by atoms with E-state index in [1.165, 1.54) is 7.11 Å². The molecule has 1 rings (SSSR count). The fourth-order valence-electron chi connectivity index (χ4n) is 1.74. The smallest absolute Gasteiger partial charge is 0.137 e. The van der Waals surface area contributed by atoms with Crippen molar-refractivity contribution in [2.24, 2.45) is 0 Å². The number of nitrogens with one attached hydrogen (secondary N) is 1. The first-order chi connectivity index (χ1) is 10.2. The van der Waals surface area contributed by atoms with E-state index in [1.807, 2.05) is 6.07 Å². The van der Waals surface area contributed by atoms with Gasteiger partial charge in [0.1, 0.15) is 24.5 Å². The van der Waals surface area contributed by atoms with Crippen molar-refractivity contribution in [3.8, 4) is 11.8 Å². The second kappa shape index (κ2) is 10.1. The van der Waals surface area contributed by atoms with E-state index in [2.05, 4.69) is 5.32 Å². The van der Waals surface area contributed by atoms with Gasteiger partial charge in [-0.2, -0.15) is 5.26 Å². The average Bonchev–Trinajstić information content (AvgIpc) is 2.50. The van der Waals surface area contributed by atoms with Gasteiger partial charge in [0.25, 0.3) is 0 Å². The van der Waals surface area contributed by atoms with Crippen LogP contribution in [0.5, 0.6) is 5.75 Å². The van der Waals surface area contributed by atoms with Crippen molar-refractivity contribution in [1.29, 1.82) is 5.26 Å². The van der Waals surface area contributed by atoms with Crippen molar-refractivity contribution < 1.29 is 19.7 Å². The summed E-state index contributed by atoms with van der Waals surface area (Å²) in [5.41, 5.74) is 0.445. The number of rotatable bonds is 10. The lowest BCUT2D eigenvalue weighted by Gasteiger charge is -2.15. The Bertz CT molecular complexity index is 448. The summed E-state index contributed by atoms with van der Waals surface area (Å²) in [6.07, 6.45) is -0.631. The molecule has 0 saturated carbocycles. The van der Waals surface area contributed by atoms with Gasteiger partial charge in [-0.15, -0.1) is 0 Å². The minimum atomic E-state index is -0.684. The van der Waals surface area contributed by atoms with Crippen LogP contribution in [0, 0.1) is 11.3 Å². The molecule has 0 aliphatic rings. The first-order valence-electron chi connectivity index (χ1n) is 6.85. The van der Waals surface area contributed by atoms with Crippen LogP contribution in [-0.4, -0.2) is 55.8 Å². The van der Waals surface area contributed by atoms with Crippen LogP contribution in [0.25, 0.3) is 0 Å². The van der Waals surface area contributed by atoms with Crippen LogP contribution in [0.2, 0.25) is 0 Å². The third-order valence-electron chi connectivity index (χ3n) is 2.83. The van der Waals surface area contributed by atoms with Crippen LogP contribution in [0.4, 0.5) is 0 Å². The van der Waals surface area contributed by atoms with Crippen molar-refractivity contribution in [3.63, 3.8) is 0 Å². The lowest BCUT2D eigenvalue weighted by atomic mass is 10.2. The Morgan fingerprint density at radius 2 is 2.00 bits per heavy atom. The lowest BCUT2D eigenvalue weighted by molar-refractivity contribution is 0.0577. The minimum Gasteiger partial charge on any atom is -0.489 e. The Morgan fingerprint density at radius 3 is 2.71 bits per heavy atom. The van der Waals surface area contributed by atoms with E-state index in [-0.39, 0.29) is 6.61 Å². The number of ether oxygens (including phenoxy) is 2. The number of benzene rings is 1. The number of nitriles is 1. The Hall–Kier alpha value is -1.65. The van der Waals surface area contributed by atoms with E-state index in [4.69, 9.17) is 14.7 Å². The molecule has 0 aliphatic heterocycles. The van der Waals surface area contributed by atoms with Crippen molar-refractivity contribution in [2.75, 3.05) is 33.4 Å². The summed E-state index contributed by atoms with van der Waals surface area (Å²) in [4.78, 5) is 0. The number of nitrogens with zero attached hydrogens (tertiary/aromatic N) is 1. The molecule has 6 heteroatoms. The van der Waals surface area contributed by atoms with E-state index in [1.54, 1.807) is 24.3 Å². The van der Waals surface area contributed by atoms with Crippen molar-refractivity contribution in [3.05, 3.63) is 29.8 Å². The van der Waals surface area contributed by atoms with Gasteiger partial charge in [-0.05, 0) is 25.1 Å². The molecule has 3 N–H and O–H groups in total. The van der Waals surface area contributed by atoms with Gasteiger partial charge >= 0.3 is 0 Å². The molecule has 116 valence electrons. The highest BCUT2D eigenvalue weighted by Gasteiger charge is 2.08. The highest BCUT2D eigenvalue weighted by atomic mass is 16.5. The standard InChI is InChI=1S/C15H22N2O4/c1-20-10-13(18)6-7-17-9-14(19)11-21-15-5-3-2-4-12(15)8-16/h2-5,13-14,17-19H,6-7,9-11H2,1H3. The monoisotopic (exact) mass is 294 g/mol. The van der Waals surface area contributed by atoms with Crippen molar-refractivity contribution in [1.82, 2.24) is 5.32 Å². The molecule has 1 aromatic rings. The van der Waals surface area contributed by atoms with Gasteiger partial charge in [0.05, 0.1) is 18.3 Å². The molecule has 0 heterocycles. The molecule has 6 nitrogen and oxygen atoms in total. The van der Waals surface area contributed by atoms with Crippen LogP contribution >= 0.6 is 0 Å². The molecule has 0 aromatic heterocycles. The third-order valence-corrected chi connectivity index (χ3v) is 2.83. The molecule has 1 aromatic carbocycles. The highest BCUT2D eigenvalue weighted by Crippen LogP contribution is 2.16. The minimum absolute atomic E-state index is 0.103. The number of methoxy groups -OCH3 is 1. The Morgan fingerprint density at radius 1 is 1.24 bits per heavy atom. The molecule has 0 spiro atoms. The Labute approximate surface area is 124 Å². The van der Waals surface area contributed by atoms with E-state index in [0.717, 1.165) is 0 Å². The molecule has 0 fully saturated rings. The predicted molar refractivity (Wildman–Crippen MR) is 78.0 cm³/mol. The molecule has 0 radical (unpaired) electrons. The normalized spacial score (nSPS) is 13.4. The molecular formula is C15H22N2O4. The van der Waals surface area contributed by atoms with E-state index >= 15 is 0 Å². The third kappa shape index (κ3) is 7.06. The predicted octanol–water partition coefficient (Wildman–Crippen LogP) is 0.285. The molecular weight excluding hydrogens is 272 g/mol. The molecule has 2 unspecified atom stereocenters. The molecule has 0 aliphatic carbocycles. The lowest BCUT2D eigenvalue weighted by Crippen LogP contribution is -2.33. The van der Waals surface area contributed by atoms with Gasteiger partial charge in [-0.3, -0.25) is 0 Å². The van der Waals surface area contributed by atoms with Crippen LogP contribution in [0.1, 0.15) is 12.0 Å². The summed E-state index contributed by atoms with van der Waals surface area (Å²) >= 11 is 0. The van der Waals surface area contributed by atoms with Crippen LogP contribution in [0.15, 0.2) is 24.3 Å². The summed E-state index contributed by atoms with van der Waals surface area (Å²) in [6.45, 7) is 1.34. The number of para-hydroxylation sites is 1. The maximum absolute atomic E-state index is 9.79. The fourth-order valence-corrected chi connectivity index (χ4v) is 1.74. The first kappa shape index (κ1) is 17.4. The van der Waals surface area contributed by atoms with E-state index < -0.39 is 12.2 Å². The van der Waals surface area contributed by atoms with Gasteiger partial charge in [-0.1, -0.05) is 12.1 Å². The summed E-state index contributed by atoms with van der Waals surface area (Å²) in [5.74, 6) is 0.467. The maximum Gasteiger partial charge on any atom is 0.137 e. The molecule has 21 heavy (non-hydrogen) atoms. The molecule has 2 atom stereocenters. The molecule has 0 saturated heterocycles. The zero-order valence-electron chi connectivity index (χ0n) is 12.2. The summed E-state index contributed by atoms with van der Waals surface area (Å²) in [5, 5.41) is 31.2. The largest absolute Gasteiger partial charge is 0.489 e. The van der Waals surface area contributed by atoms with Crippen LogP contribution < -0.4 is 10.1 Å². The molecule has 0 bridgehead atoms. The van der Waals surface area contributed by atoms with Gasteiger partial charge < -0.3 is 25.0 Å². The maximum atomic E-state index is 9.79. The topological polar surface area (TPSA) is 94.7 Å². The first-order valence-corrected chi connectivity index (χ1v) is 6.85. The second-order valence-electron chi connectivity index (χ2n) is 4.67. The number of hydrogen-bond acceptors (Lipinski definition) is 6. The Balaban J connectivity index is 2.19. The number of aliphatic hydroxyl groups is 2. The van der Waals surface area contributed by atoms with Gasteiger partial charge in [0.15, 0.2) is 0 Å². The quantitative estimate of drug-likeness (QED) is 0.537. The van der Waals surface area contributed by atoms with Crippen LogP contribution in [0.3, 0.4) is 0 Å². The summed E-state index contributed by atoms with van der Waals surface area (Å²) in [6, 6.07) is 8.93. The van der Waals surface area contributed by atoms with E-state index in [9.17, 15) is 10.2 Å². The van der Waals surface area contributed by atoms with Gasteiger partial charge in [-0.25, -0.2) is 0 Å². The summed E-state index contributed by atoms with van der Waals surface area (Å²) < 4.78 is 10.2. The Kier molecular flexibility index (Phi) is 8.40. The zero-order chi connectivity index (χ0) is 15.5. The summed E-state index contributed by atoms with van der Waals surface area (Å²) in [7, 11) is 1.54. The molecule has 0 amide bonds. The second-order valence-corrected chi connectivity index (χ2v) is 4.67. The highest BCUT2D eigenvalue weighted by molar-refractivity contribution is 5.42. The van der Waals surface area contributed by atoms with Crippen molar-refractivity contribution >= 4 is 0 Å². The van der Waals surface area contributed by atoms with Crippen molar-refractivity contribution in [2.45, 2.75) is 18.6 Å². The van der Waals surface area contributed by atoms with Crippen LogP contribution in [-0.2, 0) is 4.74 Å². The number of aliphatic hydroxyl groups excluding tert-OH is 2. The van der Waals surface area contributed by atoms with Gasteiger partial charge in [0.2, 0.25) is 0 Å².